The minimum Gasteiger partial charge on any atom is -0.462 e. The van der Waals surface area contributed by atoms with Gasteiger partial charge in [-0.15, -0.1) is 0 Å². The number of carbonyl (C=O) groups is 1. The van der Waals surface area contributed by atoms with Crippen LogP contribution in [-0.2, 0) is 19.0 Å². The lowest BCUT2D eigenvalue weighted by atomic mass is 9.83. The average molecular weight is 362 g/mol. The van der Waals surface area contributed by atoms with Gasteiger partial charge in [0.05, 0.1) is 25.7 Å². The standard InChI is InChI=1S/C16H26O9/c1-6-2-9-11(7(3-17)15(22)24-9)8(6)5-23-16-14(21)13(20)12(19)10(4-18)25-16/h6-14,16-21H,2-5H2,1H3. The Labute approximate surface area is 145 Å². The van der Waals surface area contributed by atoms with Crippen molar-refractivity contribution in [1.82, 2.24) is 0 Å². The average Bonchev–Trinajstić information content (AvgIpc) is 3.05. The van der Waals surface area contributed by atoms with Gasteiger partial charge in [0.1, 0.15) is 30.5 Å². The SMILES string of the molecule is CC1CC2OC(=O)C(CO)C2C1COC1OC(CO)C(O)C(O)C1O. The van der Waals surface area contributed by atoms with Crippen LogP contribution in [0.25, 0.3) is 0 Å². The largest absolute Gasteiger partial charge is 0.462 e. The molecule has 2 aliphatic heterocycles. The molecule has 5 N–H and O–H groups in total. The molecule has 0 aromatic heterocycles. The van der Waals surface area contributed by atoms with Gasteiger partial charge in [0.2, 0.25) is 0 Å². The molecule has 10 unspecified atom stereocenters. The van der Waals surface area contributed by atoms with Crippen molar-refractivity contribution >= 4 is 5.97 Å². The number of rotatable bonds is 5. The molecule has 3 fully saturated rings. The van der Waals surface area contributed by atoms with Gasteiger partial charge in [-0.2, -0.15) is 0 Å². The highest BCUT2D eigenvalue weighted by Gasteiger charge is 2.55. The molecule has 3 aliphatic rings. The molecule has 2 heterocycles. The summed E-state index contributed by atoms with van der Waals surface area (Å²) in [6.45, 7) is 1.33. The van der Waals surface area contributed by atoms with Gasteiger partial charge in [-0.25, -0.2) is 0 Å². The van der Waals surface area contributed by atoms with Crippen molar-refractivity contribution in [2.24, 2.45) is 23.7 Å². The van der Waals surface area contributed by atoms with E-state index < -0.39 is 49.2 Å². The summed E-state index contributed by atoms with van der Waals surface area (Å²) in [7, 11) is 0. The third-order valence-electron chi connectivity index (χ3n) is 5.79. The Bertz CT molecular complexity index is 484. The zero-order chi connectivity index (χ0) is 18.3. The molecule has 25 heavy (non-hydrogen) atoms. The van der Waals surface area contributed by atoms with E-state index in [0.717, 1.165) is 0 Å². The molecule has 9 nitrogen and oxygen atoms in total. The molecule has 1 saturated carbocycles. The Balaban J connectivity index is 1.65. The molecule has 3 rings (SSSR count). The molecule has 0 amide bonds. The molecule has 0 spiro atoms. The van der Waals surface area contributed by atoms with Gasteiger partial charge in [0.15, 0.2) is 6.29 Å². The van der Waals surface area contributed by atoms with E-state index in [0.29, 0.717) is 6.42 Å². The Hall–Kier alpha value is -0.810. The summed E-state index contributed by atoms with van der Waals surface area (Å²) >= 11 is 0. The molecule has 1 aliphatic carbocycles. The van der Waals surface area contributed by atoms with E-state index >= 15 is 0 Å². The highest BCUT2D eigenvalue weighted by molar-refractivity contribution is 5.75. The van der Waals surface area contributed by atoms with Gasteiger partial charge in [-0.05, 0) is 18.3 Å². The monoisotopic (exact) mass is 362 g/mol. The van der Waals surface area contributed by atoms with Crippen molar-refractivity contribution in [2.75, 3.05) is 19.8 Å². The maximum Gasteiger partial charge on any atom is 0.311 e. The summed E-state index contributed by atoms with van der Waals surface area (Å²) < 4.78 is 16.3. The van der Waals surface area contributed by atoms with Gasteiger partial charge in [-0.1, -0.05) is 6.92 Å². The van der Waals surface area contributed by atoms with Crippen LogP contribution in [0.3, 0.4) is 0 Å². The van der Waals surface area contributed by atoms with Crippen molar-refractivity contribution < 1.29 is 44.5 Å². The van der Waals surface area contributed by atoms with E-state index in [1.807, 2.05) is 6.92 Å². The van der Waals surface area contributed by atoms with Gasteiger partial charge in [-0.3, -0.25) is 4.79 Å². The first-order chi connectivity index (χ1) is 11.9. The van der Waals surface area contributed by atoms with Crippen LogP contribution in [0, 0.1) is 23.7 Å². The minimum absolute atomic E-state index is 0.0824. The molecule has 0 aromatic rings. The number of aliphatic hydroxyl groups excluding tert-OH is 5. The molecular formula is C16H26O9. The van der Waals surface area contributed by atoms with Gasteiger partial charge >= 0.3 is 5.97 Å². The second-order valence-corrected chi connectivity index (χ2v) is 7.25. The van der Waals surface area contributed by atoms with Gasteiger partial charge < -0.3 is 39.7 Å². The van der Waals surface area contributed by atoms with Crippen LogP contribution in [-0.4, -0.2) is 88.1 Å². The molecular weight excluding hydrogens is 336 g/mol. The lowest BCUT2D eigenvalue weighted by Crippen LogP contribution is -2.59. The number of aliphatic hydroxyl groups is 5. The Morgan fingerprint density at radius 3 is 2.48 bits per heavy atom. The van der Waals surface area contributed by atoms with E-state index in [9.17, 15) is 30.3 Å². The first-order valence-corrected chi connectivity index (χ1v) is 8.62. The minimum atomic E-state index is -1.49. The second-order valence-electron chi connectivity index (χ2n) is 7.25. The first-order valence-electron chi connectivity index (χ1n) is 8.62. The lowest BCUT2D eigenvalue weighted by Gasteiger charge is -2.40. The van der Waals surface area contributed by atoms with Crippen molar-refractivity contribution in [1.29, 1.82) is 0 Å². The van der Waals surface area contributed by atoms with Gasteiger partial charge in [0, 0.05) is 5.92 Å². The van der Waals surface area contributed by atoms with Crippen LogP contribution in [0.5, 0.6) is 0 Å². The second kappa shape index (κ2) is 7.43. The molecule has 0 radical (unpaired) electrons. The summed E-state index contributed by atoms with van der Waals surface area (Å²) in [5, 5.41) is 48.3. The summed E-state index contributed by atoms with van der Waals surface area (Å²) in [6, 6.07) is 0. The van der Waals surface area contributed by atoms with Crippen LogP contribution in [0.15, 0.2) is 0 Å². The fourth-order valence-electron chi connectivity index (χ4n) is 4.31. The molecule has 0 bridgehead atoms. The zero-order valence-corrected chi connectivity index (χ0v) is 14.0. The lowest BCUT2D eigenvalue weighted by molar-refractivity contribution is -0.304. The molecule has 10 atom stereocenters. The fraction of sp³-hybridized carbons (Fsp3) is 0.938. The quantitative estimate of drug-likeness (QED) is 0.338. The zero-order valence-electron chi connectivity index (χ0n) is 14.0. The maximum atomic E-state index is 11.8. The van der Waals surface area contributed by atoms with Crippen molar-refractivity contribution in [3.63, 3.8) is 0 Å². The van der Waals surface area contributed by atoms with Crippen molar-refractivity contribution in [3.05, 3.63) is 0 Å². The van der Waals surface area contributed by atoms with E-state index in [-0.39, 0.29) is 37.1 Å². The molecule has 0 aromatic carbocycles. The van der Waals surface area contributed by atoms with E-state index in [4.69, 9.17) is 14.2 Å². The third kappa shape index (κ3) is 3.30. The molecule has 2 saturated heterocycles. The van der Waals surface area contributed by atoms with E-state index in [2.05, 4.69) is 0 Å². The number of esters is 1. The third-order valence-corrected chi connectivity index (χ3v) is 5.79. The normalized spacial score (nSPS) is 49.9. The highest BCUT2D eigenvalue weighted by atomic mass is 16.7. The first kappa shape index (κ1) is 19.0. The predicted octanol–water partition coefficient (Wildman–Crippen LogP) is -2.39. The van der Waals surface area contributed by atoms with Crippen LogP contribution in [0.1, 0.15) is 13.3 Å². The molecule has 144 valence electrons. The number of hydrogen-bond donors (Lipinski definition) is 5. The number of hydrogen-bond acceptors (Lipinski definition) is 9. The van der Waals surface area contributed by atoms with Crippen LogP contribution < -0.4 is 0 Å². The van der Waals surface area contributed by atoms with Crippen molar-refractivity contribution in [2.45, 2.75) is 50.2 Å². The van der Waals surface area contributed by atoms with E-state index in [1.165, 1.54) is 0 Å². The van der Waals surface area contributed by atoms with Gasteiger partial charge in [0.25, 0.3) is 0 Å². The summed E-state index contributed by atoms with van der Waals surface area (Å²) in [4.78, 5) is 11.8. The summed E-state index contributed by atoms with van der Waals surface area (Å²) in [5.74, 6) is -1.05. The Kier molecular flexibility index (Phi) is 5.64. The summed E-state index contributed by atoms with van der Waals surface area (Å²) in [6.07, 6.45) is -6.19. The fourth-order valence-corrected chi connectivity index (χ4v) is 4.31. The van der Waals surface area contributed by atoms with Crippen LogP contribution in [0.4, 0.5) is 0 Å². The maximum absolute atomic E-state index is 11.8. The summed E-state index contributed by atoms with van der Waals surface area (Å²) in [5.41, 5.74) is 0. The Morgan fingerprint density at radius 1 is 1.12 bits per heavy atom. The Morgan fingerprint density at radius 2 is 1.84 bits per heavy atom. The highest BCUT2D eigenvalue weighted by Crippen LogP contribution is 2.47. The molecule has 9 heteroatoms. The number of ether oxygens (including phenoxy) is 3. The van der Waals surface area contributed by atoms with E-state index in [1.54, 1.807) is 0 Å². The topological polar surface area (TPSA) is 146 Å². The van der Waals surface area contributed by atoms with Crippen molar-refractivity contribution in [3.8, 4) is 0 Å². The predicted molar refractivity (Wildman–Crippen MR) is 80.9 cm³/mol. The smallest absolute Gasteiger partial charge is 0.311 e. The number of carbonyl (C=O) groups excluding carboxylic acids is 1. The van der Waals surface area contributed by atoms with Crippen LogP contribution >= 0.6 is 0 Å². The van der Waals surface area contributed by atoms with Crippen LogP contribution in [0.2, 0.25) is 0 Å². The number of fused-ring (bicyclic) bond motifs is 1.